The molecule has 41 nitrogen and oxygen atoms in total. The lowest BCUT2D eigenvalue weighted by molar-refractivity contribution is -0.138. The van der Waals surface area contributed by atoms with Gasteiger partial charge in [-0.1, -0.05) is 94.4 Å². The number of benzene rings is 4. The average molecular weight is 1810 g/mol. The zero-order valence-corrected chi connectivity index (χ0v) is 74.2. The molecule has 694 valence electrons. The number of aliphatic hydroxyl groups excluding tert-OH is 2. The average Bonchev–Trinajstić information content (AvgIpc) is 1.62. The smallest absolute Gasteiger partial charge is 0.312 e. The highest BCUT2D eigenvalue weighted by Gasteiger charge is 2.47. The van der Waals surface area contributed by atoms with Gasteiger partial charge in [0.2, 0.25) is 94.5 Å². The number of nitrogens with one attached hydrogen (secondary N) is 15. The lowest BCUT2D eigenvalue weighted by atomic mass is 9.91. The molecule has 1 aliphatic rings. The normalized spacial score (nSPS) is 19.4. The first-order valence-electron chi connectivity index (χ1n) is 41.5. The summed E-state index contributed by atoms with van der Waals surface area (Å²) in [4.78, 5) is 245. The van der Waals surface area contributed by atoms with Crippen molar-refractivity contribution in [1.29, 1.82) is 0 Å². The summed E-state index contributed by atoms with van der Waals surface area (Å²) in [5, 5.41) is 59.5. The second kappa shape index (κ2) is 49.1. The summed E-state index contributed by atoms with van der Waals surface area (Å²) in [7, 11) is 1.76. The van der Waals surface area contributed by atoms with Crippen molar-refractivity contribution in [3.05, 3.63) is 113 Å². The molecule has 2 heterocycles. The Morgan fingerprint density at radius 2 is 1.18 bits per heavy atom. The standard InChI is InChI=1S/C84H121N21O20S2/c1-44-18-16-21-54-52(42-93-65(44)54)39-59-73(116)95-55(23-17-34-92-81(90)124)71(114)104-68(83(7,8)127-126-82(5,6)67(94-47(4)109)78(121)100-61(41-64(88)111)75(118)103-66(45(2)107)77(120)98-59)79(122)99-57(37-48-25-28-53(29-26-48)125-35-32-86)72(115)96-58(38-49-24-27-50-19-10-11-20-51(50)36-49)76(119)105-84(9,30-13-14-31-85)80(123)102-56(22-12-15-33-91-46(3)108)70(113)97-60(40-63(87)110)74(117)101-62(43-106)69(89)112/h10-11,16,18-21,24-29,36,42,45,55-62,66-68,93,106-107H,12-15,17,22-23,30-35,37-41,43,85-86H2,1-9H3,(H2,87,110)(H2,88,111)(H2,89,112)(H,91,108)(H,94,109)(H,95,116)(H,96,115)(H,97,113)(H,98,120)(H,99,122)(H,100,121)(H,101,117)(H,102,123)(H,103,118)(H,104,114)(H,105,119)(H3,90,92,124)/t45-,55+,56+,57+,58+,59+,60+,61+,62-,66+,67-,68-,84+/m1/s1. The lowest BCUT2D eigenvalue weighted by Gasteiger charge is -2.39. The zero-order chi connectivity index (χ0) is 94.2. The number of rotatable bonds is 42. The molecule has 0 bridgehead atoms. The van der Waals surface area contributed by atoms with Gasteiger partial charge in [0.1, 0.15) is 84.4 Å². The van der Waals surface area contributed by atoms with Gasteiger partial charge in [0.15, 0.2) is 0 Å². The van der Waals surface area contributed by atoms with Crippen molar-refractivity contribution in [2.24, 2.45) is 34.4 Å². The molecule has 6 rings (SSSR count). The Labute approximate surface area is 742 Å². The number of hydrogen-bond donors (Lipinski definition) is 23. The molecule has 13 atom stereocenters. The number of nitrogens with two attached hydrogens (primary N) is 6. The molecule has 1 aliphatic heterocycles. The third kappa shape index (κ3) is 32.3. The summed E-state index contributed by atoms with van der Waals surface area (Å²) in [6.45, 7) is 12.0. The Bertz CT molecular complexity index is 4760. The van der Waals surface area contributed by atoms with E-state index in [1.165, 1.54) is 41.5 Å². The summed E-state index contributed by atoms with van der Waals surface area (Å²) < 4.78 is 2.50. The van der Waals surface area contributed by atoms with E-state index in [4.69, 9.17) is 39.1 Å². The van der Waals surface area contributed by atoms with E-state index in [0.717, 1.165) is 46.4 Å². The number of aromatic amines is 1. The van der Waals surface area contributed by atoms with Crippen LogP contribution >= 0.6 is 21.6 Å². The first-order valence-corrected chi connectivity index (χ1v) is 43.6. The number of aryl methyl sites for hydroxylation is 1. The minimum atomic E-state index is -2.05. The fourth-order valence-corrected chi connectivity index (χ4v) is 16.7. The number of carbonyl (C=O) groups is 17. The predicted molar refractivity (Wildman–Crippen MR) is 474 cm³/mol. The SMILES string of the molecule is CC(=O)NCCCC[C@H](NC(=O)[C@](C)(CCCCN)NC(=O)[C@H](Cc1ccc2ccccc2c1)NC(=O)[C@H](Cc1ccc(OCCN)cc1)NC(=O)[C@H]1NC(=O)[C@H](CCCNC(N)=O)NC(=O)[C@H](Cc2c[nH]c3c(C)cccc23)NC(=O)[C@H]([C@@H](C)O)NC(=O)[C@H](CC(N)=O)NC(=O)[C@@H](NC(C)=O)C(C)(C)SSC1(C)C)C(=O)N[C@@H](CC(N)=O)C(=O)N[C@H](CO)C(N)=O. The first kappa shape index (κ1) is 104. The van der Waals surface area contributed by atoms with E-state index in [9.17, 15) is 63.0 Å². The topological polar surface area (TPSA) is 680 Å². The molecule has 0 spiro atoms. The van der Waals surface area contributed by atoms with E-state index in [2.05, 4.69) is 79.4 Å². The molecule has 0 saturated carbocycles. The van der Waals surface area contributed by atoms with Gasteiger partial charge in [0, 0.05) is 79.3 Å². The van der Waals surface area contributed by atoms with Crippen LogP contribution in [0.1, 0.15) is 142 Å². The summed E-state index contributed by atoms with van der Waals surface area (Å²) in [5.74, 6) is -16.2. The molecule has 1 saturated heterocycles. The minimum absolute atomic E-state index is 0.102. The third-order valence-corrected chi connectivity index (χ3v) is 25.1. The van der Waals surface area contributed by atoms with Crippen molar-refractivity contribution in [2.75, 3.05) is 39.4 Å². The third-order valence-electron chi connectivity index (χ3n) is 20.9. The number of aromatic nitrogens is 1. The van der Waals surface area contributed by atoms with Crippen molar-refractivity contribution >= 4 is 144 Å². The molecule has 43 heteroatoms. The first-order chi connectivity index (χ1) is 59.9. The van der Waals surface area contributed by atoms with E-state index < -0.39 is 208 Å². The molecular formula is C84H121N21O20S2. The second-order valence-corrected chi connectivity index (χ2v) is 35.9. The van der Waals surface area contributed by atoms with E-state index >= 15 is 28.8 Å². The molecule has 127 heavy (non-hydrogen) atoms. The largest absolute Gasteiger partial charge is 0.492 e. The number of ether oxygens (including phenoxy) is 1. The molecule has 0 unspecified atom stereocenters. The second-order valence-electron chi connectivity index (χ2n) is 32.4. The van der Waals surface area contributed by atoms with Crippen LogP contribution in [0.5, 0.6) is 5.75 Å². The number of H-pyrrole nitrogens is 1. The predicted octanol–water partition coefficient (Wildman–Crippen LogP) is -3.33. The van der Waals surface area contributed by atoms with Crippen LogP contribution in [0, 0.1) is 6.92 Å². The number of unbranched alkanes of at least 4 members (excludes halogenated alkanes) is 2. The fraction of sp³-hybridized carbons (Fsp3) is 0.512. The Morgan fingerprint density at radius 3 is 1.81 bits per heavy atom. The van der Waals surface area contributed by atoms with Crippen molar-refractivity contribution in [3.63, 3.8) is 0 Å². The van der Waals surface area contributed by atoms with Crippen LogP contribution in [-0.2, 0) is 96.0 Å². The van der Waals surface area contributed by atoms with Gasteiger partial charge in [-0.25, -0.2) is 4.79 Å². The molecular weight excluding hydrogens is 1690 g/mol. The van der Waals surface area contributed by atoms with Crippen molar-refractivity contribution < 1.29 is 96.5 Å². The number of para-hydroxylation sites is 1. The number of aliphatic hydroxyl groups is 2. The van der Waals surface area contributed by atoms with Gasteiger partial charge >= 0.3 is 6.03 Å². The lowest BCUT2D eigenvalue weighted by Crippen LogP contribution is -2.65. The Morgan fingerprint density at radius 1 is 0.583 bits per heavy atom. The van der Waals surface area contributed by atoms with Crippen LogP contribution in [0.2, 0.25) is 0 Å². The number of primary amides is 4. The molecule has 0 radical (unpaired) electrons. The highest BCUT2D eigenvalue weighted by Crippen LogP contribution is 2.47. The number of fused-ring (bicyclic) bond motifs is 2. The number of hydrogen-bond acceptors (Lipinski definition) is 24. The highest BCUT2D eigenvalue weighted by atomic mass is 33.1. The van der Waals surface area contributed by atoms with Gasteiger partial charge in [-0.3, -0.25) is 76.7 Å². The molecule has 4 aromatic carbocycles. The van der Waals surface area contributed by atoms with Gasteiger partial charge in [0.05, 0.1) is 25.6 Å². The number of urea groups is 1. The molecule has 1 aromatic heterocycles. The van der Waals surface area contributed by atoms with Crippen LogP contribution in [0.25, 0.3) is 21.7 Å². The molecule has 5 aromatic rings. The van der Waals surface area contributed by atoms with Gasteiger partial charge < -0.3 is 129 Å². The summed E-state index contributed by atoms with van der Waals surface area (Å²) in [6.07, 6.45) is -3.11. The fourth-order valence-electron chi connectivity index (χ4n) is 13.9. The summed E-state index contributed by atoms with van der Waals surface area (Å²) in [5.41, 5.74) is 34.4. The summed E-state index contributed by atoms with van der Waals surface area (Å²) >= 11 is 0. The van der Waals surface area contributed by atoms with Gasteiger partial charge in [-0.2, -0.15) is 0 Å². The van der Waals surface area contributed by atoms with Crippen LogP contribution in [0.15, 0.2) is 91.1 Å². The number of carbonyl (C=O) groups excluding carboxylic acids is 17. The van der Waals surface area contributed by atoms with Crippen molar-refractivity contribution in [1.82, 2.24) is 79.4 Å². The van der Waals surface area contributed by atoms with Crippen LogP contribution in [0.4, 0.5) is 4.79 Å². The molecule has 18 amide bonds. The van der Waals surface area contributed by atoms with Crippen molar-refractivity contribution in [2.45, 2.75) is 233 Å². The molecule has 0 aliphatic carbocycles. The highest BCUT2D eigenvalue weighted by molar-refractivity contribution is 8.77. The van der Waals surface area contributed by atoms with E-state index in [1.54, 1.807) is 72.9 Å². The quantitative estimate of drug-likeness (QED) is 0.0134. The monoisotopic (exact) mass is 1810 g/mol. The van der Waals surface area contributed by atoms with Gasteiger partial charge in [-0.15, -0.1) is 0 Å². The van der Waals surface area contributed by atoms with Gasteiger partial charge in [-0.05, 0) is 152 Å². The van der Waals surface area contributed by atoms with Gasteiger partial charge in [0.25, 0.3) is 0 Å². The number of amides is 18. The molecule has 1 fully saturated rings. The minimum Gasteiger partial charge on any atom is -0.492 e. The van der Waals surface area contributed by atoms with E-state index in [-0.39, 0.29) is 103 Å². The van der Waals surface area contributed by atoms with Crippen LogP contribution < -0.4 is 114 Å². The Balaban J connectivity index is 1.54. The Hall–Kier alpha value is -12.2. The van der Waals surface area contributed by atoms with E-state index in [1.807, 2.05) is 25.1 Å². The maximum atomic E-state index is 16.3. The Kier molecular flexibility index (Phi) is 40.0. The maximum absolute atomic E-state index is 16.3. The summed E-state index contributed by atoms with van der Waals surface area (Å²) in [6, 6.07) is 3.69. The zero-order valence-electron chi connectivity index (χ0n) is 72.5. The van der Waals surface area contributed by atoms with Crippen molar-refractivity contribution in [3.8, 4) is 5.75 Å². The molecule has 29 N–H and O–H groups in total. The maximum Gasteiger partial charge on any atom is 0.312 e. The van der Waals surface area contributed by atoms with Crippen LogP contribution in [-0.4, -0.2) is 243 Å². The van der Waals surface area contributed by atoms with Crippen LogP contribution in [0.3, 0.4) is 0 Å². The van der Waals surface area contributed by atoms with E-state index in [0.29, 0.717) is 38.7 Å².